The van der Waals surface area contributed by atoms with E-state index in [0.29, 0.717) is 6.04 Å². The van der Waals surface area contributed by atoms with E-state index < -0.39 is 0 Å². The molecule has 4 heteroatoms. The minimum absolute atomic E-state index is 0.346. The molecule has 102 valence electrons. The van der Waals surface area contributed by atoms with E-state index in [2.05, 4.69) is 64.5 Å². The number of aromatic nitrogens is 2. The number of hydrogen-bond donors (Lipinski definition) is 1. The monoisotopic (exact) mass is 321 g/mol. The Kier molecular flexibility index (Phi) is 4.42. The third-order valence-corrected chi connectivity index (χ3v) is 4.65. The summed E-state index contributed by atoms with van der Waals surface area (Å²) < 4.78 is 3.11. The van der Waals surface area contributed by atoms with Crippen LogP contribution in [0.1, 0.15) is 36.3 Å². The molecular formula is C15H20BrN3. The van der Waals surface area contributed by atoms with Crippen LogP contribution in [-0.4, -0.2) is 16.8 Å². The normalized spacial score (nSPS) is 12.7. The van der Waals surface area contributed by atoms with Gasteiger partial charge in [0.05, 0.1) is 21.5 Å². The van der Waals surface area contributed by atoms with E-state index in [9.17, 15) is 0 Å². The fourth-order valence-electron chi connectivity index (χ4n) is 2.41. The molecule has 0 saturated heterocycles. The molecular weight excluding hydrogens is 302 g/mol. The predicted octanol–water partition coefficient (Wildman–Crippen LogP) is 3.92. The van der Waals surface area contributed by atoms with Gasteiger partial charge in [-0.3, -0.25) is 0 Å². The zero-order valence-electron chi connectivity index (χ0n) is 11.9. The van der Waals surface area contributed by atoms with Crippen LogP contribution < -0.4 is 5.32 Å². The van der Waals surface area contributed by atoms with Crippen LogP contribution >= 0.6 is 15.9 Å². The van der Waals surface area contributed by atoms with Gasteiger partial charge in [0.1, 0.15) is 0 Å². The number of hydrogen-bond acceptors (Lipinski definition) is 2. The highest BCUT2D eigenvalue weighted by molar-refractivity contribution is 9.10. The zero-order valence-corrected chi connectivity index (χ0v) is 13.5. The van der Waals surface area contributed by atoms with Crippen LogP contribution in [0.5, 0.6) is 0 Å². The molecule has 2 aromatic rings. The highest BCUT2D eigenvalue weighted by Gasteiger charge is 2.16. The maximum Gasteiger partial charge on any atom is 0.0743 e. The van der Waals surface area contributed by atoms with Gasteiger partial charge in [0.25, 0.3) is 0 Å². The number of halogens is 1. The second-order valence-electron chi connectivity index (χ2n) is 4.70. The Hall–Kier alpha value is -1.13. The quantitative estimate of drug-likeness (QED) is 0.924. The molecule has 1 aromatic carbocycles. The molecule has 1 N–H and O–H groups in total. The van der Waals surface area contributed by atoms with Crippen molar-refractivity contribution in [3.8, 4) is 5.69 Å². The second kappa shape index (κ2) is 5.88. The Balaban J connectivity index is 2.59. The number of para-hydroxylation sites is 1. The molecule has 0 saturated carbocycles. The Morgan fingerprint density at radius 2 is 2.00 bits per heavy atom. The molecule has 19 heavy (non-hydrogen) atoms. The number of aryl methyl sites for hydroxylation is 1. The summed E-state index contributed by atoms with van der Waals surface area (Å²) in [5, 5.41) is 8.00. The van der Waals surface area contributed by atoms with Crippen LogP contribution in [0.2, 0.25) is 0 Å². The summed E-state index contributed by atoms with van der Waals surface area (Å²) >= 11 is 3.59. The molecule has 1 unspecified atom stereocenters. The maximum atomic E-state index is 4.63. The fourth-order valence-corrected chi connectivity index (χ4v) is 2.66. The van der Waals surface area contributed by atoms with Crippen molar-refractivity contribution >= 4 is 15.9 Å². The van der Waals surface area contributed by atoms with Gasteiger partial charge in [0.15, 0.2) is 0 Å². The van der Waals surface area contributed by atoms with Crippen molar-refractivity contribution in [2.75, 3.05) is 7.05 Å². The molecule has 3 nitrogen and oxygen atoms in total. The van der Waals surface area contributed by atoms with E-state index >= 15 is 0 Å². The average Bonchev–Trinajstić information content (AvgIpc) is 2.68. The van der Waals surface area contributed by atoms with Crippen molar-refractivity contribution in [3.05, 3.63) is 45.7 Å². The van der Waals surface area contributed by atoms with Crippen LogP contribution in [0.4, 0.5) is 0 Å². The standard InChI is InChI=1S/C15H20BrN3/c1-5-13(17-4)12-8-6-7-9-14(12)19-11(3)15(16)10(2)18-19/h6-9,13,17H,5H2,1-4H3. The molecule has 1 aromatic heterocycles. The number of benzene rings is 1. The number of nitrogens with one attached hydrogen (secondary N) is 1. The van der Waals surface area contributed by atoms with E-state index in [1.54, 1.807) is 0 Å². The maximum absolute atomic E-state index is 4.63. The summed E-state index contributed by atoms with van der Waals surface area (Å²) in [5.74, 6) is 0. The lowest BCUT2D eigenvalue weighted by Crippen LogP contribution is -2.18. The van der Waals surface area contributed by atoms with E-state index in [1.807, 2.05) is 18.7 Å². The average molecular weight is 322 g/mol. The summed E-state index contributed by atoms with van der Waals surface area (Å²) in [5.41, 5.74) is 4.58. The molecule has 1 heterocycles. The van der Waals surface area contributed by atoms with Gasteiger partial charge in [0.2, 0.25) is 0 Å². The Bertz CT molecular complexity index is 571. The van der Waals surface area contributed by atoms with Gasteiger partial charge in [-0.05, 0) is 54.9 Å². The molecule has 0 aliphatic heterocycles. The van der Waals surface area contributed by atoms with Crippen LogP contribution in [-0.2, 0) is 0 Å². The molecule has 2 rings (SSSR count). The lowest BCUT2D eigenvalue weighted by molar-refractivity contribution is 0.571. The SMILES string of the molecule is CCC(NC)c1ccccc1-n1nc(C)c(Br)c1C. The van der Waals surface area contributed by atoms with Gasteiger partial charge in [-0.15, -0.1) is 0 Å². The molecule has 1 atom stereocenters. The van der Waals surface area contributed by atoms with E-state index in [1.165, 1.54) is 5.56 Å². The van der Waals surface area contributed by atoms with Gasteiger partial charge in [-0.1, -0.05) is 25.1 Å². The van der Waals surface area contributed by atoms with Crippen molar-refractivity contribution in [1.29, 1.82) is 0 Å². The smallest absolute Gasteiger partial charge is 0.0743 e. The first-order chi connectivity index (χ1) is 9.10. The summed E-state index contributed by atoms with van der Waals surface area (Å²) in [6, 6.07) is 8.79. The van der Waals surface area contributed by atoms with Gasteiger partial charge in [-0.2, -0.15) is 5.10 Å². The second-order valence-corrected chi connectivity index (χ2v) is 5.50. The molecule has 0 bridgehead atoms. The van der Waals surface area contributed by atoms with Crippen molar-refractivity contribution < 1.29 is 0 Å². The topological polar surface area (TPSA) is 29.9 Å². The van der Waals surface area contributed by atoms with Gasteiger partial charge < -0.3 is 5.32 Å². The summed E-state index contributed by atoms with van der Waals surface area (Å²) in [6.07, 6.45) is 1.05. The lowest BCUT2D eigenvalue weighted by Gasteiger charge is -2.19. The van der Waals surface area contributed by atoms with E-state index in [0.717, 1.165) is 28.0 Å². The summed E-state index contributed by atoms with van der Waals surface area (Å²) in [7, 11) is 2.00. The highest BCUT2D eigenvalue weighted by Crippen LogP contribution is 2.28. The van der Waals surface area contributed by atoms with Gasteiger partial charge in [-0.25, -0.2) is 4.68 Å². The summed E-state index contributed by atoms with van der Waals surface area (Å²) in [6.45, 7) is 6.29. The van der Waals surface area contributed by atoms with Gasteiger partial charge in [0, 0.05) is 6.04 Å². The van der Waals surface area contributed by atoms with Crippen molar-refractivity contribution in [2.45, 2.75) is 33.2 Å². The first-order valence-electron chi connectivity index (χ1n) is 6.58. The lowest BCUT2D eigenvalue weighted by atomic mass is 10.0. The third-order valence-electron chi connectivity index (χ3n) is 3.50. The largest absolute Gasteiger partial charge is 0.313 e. The molecule has 0 amide bonds. The zero-order chi connectivity index (χ0) is 14.0. The third kappa shape index (κ3) is 2.60. The fraction of sp³-hybridized carbons (Fsp3) is 0.400. The first kappa shape index (κ1) is 14.3. The van der Waals surface area contributed by atoms with E-state index in [-0.39, 0.29) is 0 Å². The van der Waals surface area contributed by atoms with Crippen molar-refractivity contribution in [3.63, 3.8) is 0 Å². The predicted molar refractivity (Wildman–Crippen MR) is 82.8 cm³/mol. The Morgan fingerprint density at radius 3 is 2.53 bits per heavy atom. The molecule has 0 fully saturated rings. The Labute approximate surface area is 123 Å². The highest BCUT2D eigenvalue weighted by atomic mass is 79.9. The van der Waals surface area contributed by atoms with Crippen LogP contribution in [0.25, 0.3) is 5.69 Å². The minimum Gasteiger partial charge on any atom is -0.313 e. The number of rotatable bonds is 4. The molecule has 0 aliphatic rings. The van der Waals surface area contributed by atoms with Crippen molar-refractivity contribution in [2.24, 2.45) is 0 Å². The number of nitrogens with zero attached hydrogens (tertiary/aromatic N) is 2. The van der Waals surface area contributed by atoms with Crippen molar-refractivity contribution in [1.82, 2.24) is 15.1 Å². The van der Waals surface area contributed by atoms with Crippen LogP contribution in [0, 0.1) is 13.8 Å². The van der Waals surface area contributed by atoms with Crippen LogP contribution in [0.15, 0.2) is 28.7 Å². The molecule has 0 radical (unpaired) electrons. The Morgan fingerprint density at radius 1 is 1.32 bits per heavy atom. The molecule has 0 spiro atoms. The van der Waals surface area contributed by atoms with Gasteiger partial charge >= 0.3 is 0 Å². The van der Waals surface area contributed by atoms with Crippen LogP contribution in [0.3, 0.4) is 0 Å². The first-order valence-corrected chi connectivity index (χ1v) is 7.37. The van der Waals surface area contributed by atoms with E-state index in [4.69, 9.17) is 0 Å². The minimum atomic E-state index is 0.346. The molecule has 0 aliphatic carbocycles. The summed E-state index contributed by atoms with van der Waals surface area (Å²) in [4.78, 5) is 0.